The first-order valence-corrected chi connectivity index (χ1v) is 32.3. The number of Topliss-reactive ketones (excluding diaryl/α,β-unsaturated/α-hetero) is 3. The van der Waals surface area contributed by atoms with E-state index >= 15 is 14.4 Å². The third kappa shape index (κ3) is 21.6. The molecule has 0 spiro atoms. The number of aliphatic hydroxyl groups excluding tert-OH is 1. The van der Waals surface area contributed by atoms with Crippen LogP contribution in [0.1, 0.15) is 175 Å². The molecule has 21 nitrogen and oxygen atoms in total. The van der Waals surface area contributed by atoms with Gasteiger partial charge in [-0.25, -0.2) is 0 Å². The highest BCUT2D eigenvalue weighted by Crippen LogP contribution is 2.30. The van der Waals surface area contributed by atoms with Gasteiger partial charge in [-0.15, -0.1) is 0 Å². The molecule has 1 aliphatic heterocycles. The quantitative estimate of drug-likeness (QED) is 0.147. The Morgan fingerprint density at radius 3 is 1.38 bits per heavy atom. The highest BCUT2D eigenvalue weighted by molar-refractivity contribution is 6.00. The number of aliphatic hydroxyl groups is 1. The average Bonchev–Trinajstić information content (AvgIpc) is 3.25. The first-order valence-electron chi connectivity index (χ1n) is 32.3. The number of methoxy groups -OCH3 is 1. The Balaban J connectivity index is 4.45. The van der Waals surface area contributed by atoms with Crippen LogP contribution < -0.4 is 5.32 Å². The zero-order chi connectivity index (χ0) is 68.3. The van der Waals surface area contributed by atoms with Crippen molar-refractivity contribution in [1.82, 2.24) is 39.6 Å². The molecule has 1 saturated heterocycles. The molecule has 1 aliphatic rings. The average molecular weight is 1240 g/mol. The molecule has 1 rings (SSSR count). The number of rotatable bonds is 17. The van der Waals surface area contributed by atoms with Crippen LogP contribution >= 0.6 is 0 Å². The van der Waals surface area contributed by atoms with Crippen molar-refractivity contribution >= 4 is 64.6 Å². The molecule has 21 heteroatoms. The molecule has 504 valence electrons. The summed E-state index contributed by atoms with van der Waals surface area (Å²) in [7, 11) is 11.7. The van der Waals surface area contributed by atoms with E-state index in [0.29, 0.717) is 6.42 Å². The SMILES string of the molecule is C/C=C/C[C@@H](C)[C@@H](O)[C@H]1C(=O)N[C@@H](CC)C(=O)N(C)[C@H](CC)C(=O)N(C)[C@@H]([C@H](C)COC)C(=O)C[C@@H](C(C)C)C(=O)N(C)[C@@H](CC(C)C)C(=O)C[C@@H](C)C(=O)C[C@H](C)C(=O)N(C)[C@@H](CC(C)C)C(=O)N(C)[C@@H](CC(C)C)C(=O)N(C)[C@@H](C(C)C)C(=O)N1C. The van der Waals surface area contributed by atoms with Crippen LogP contribution in [0.2, 0.25) is 0 Å². The molecule has 0 aromatic carbocycles. The number of nitrogens with zero attached hydrogens (tertiary/aromatic N) is 7. The van der Waals surface area contributed by atoms with Gasteiger partial charge in [-0.05, 0) is 81.0 Å². The number of hydrogen-bond donors (Lipinski definition) is 2. The van der Waals surface area contributed by atoms with E-state index in [0.717, 1.165) is 4.90 Å². The number of allylic oxidation sites excluding steroid dienone is 2. The molecular formula is C67H118N8O13. The molecule has 0 bridgehead atoms. The second-order valence-electron chi connectivity index (χ2n) is 27.4. The van der Waals surface area contributed by atoms with Crippen LogP contribution in [0.5, 0.6) is 0 Å². The van der Waals surface area contributed by atoms with Crippen molar-refractivity contribution < 1.29 is 62.6 Å². The highest BCUT2D eigenvalue weighted by Gasteiger charge is 2.46. The maximum Gasteiger partial charge on any atom is 0.246 e. The largest absolute Gasteiger partial charge is 0.390 e. The van der Waals surface area contributed by atoms with E-state index in [1.54, 1.807) is 75.3 Å². The van der Waals surface area contributed by atoms with Crippen LogP contribution in [0.25, 0.3) is 0 Å². The summed E-state index contributed by atoms with van der Waals surface area (Å²) in [6.07, 6.45) is 2.32. The van der Waals surface area contributed by atoms with Crippen LogP contribution in [-0.2, 0) is 57.5 Å². The number of likely N-dealkylation sites (N-methyl/N-ethyl adjacent to an activating group) is 7. The minimum absolute atomic E-state index is 0.0200. The fraction of sp³-hybridized carbons (Fsp3) is 0.806. The Morgan fingerprint density at radius 1 is 0.489 bits per heavy atom. The standard InChI is InChI=1S/C67H118N8O13/c1-26-29-30-43(14)59(79)58-60(80)68-48(27-2)63(83)69(18)49(28-3)64(84)74(23)57(46(17)37-88-25)55(78)36-47(41(10)11)62(82)70(19)50(31-38(4)5)54(77)34-44(15)53(76)35-45(16)61(81)71(20)51(32-39(6)7)65(85)72(21)52(33-40(8)9)66(86)73(22)56(42(12)13)67(87)75(58)24/h26,29,38-52,56-59,79H,27-28,30-37H2,1-25H3,(H,68,80)/b29-26+/t43-,44-,45+,46-,47+,48+,49-,50+,51+,52+,56+,57+,58+,59-/m1/s1. The van der Waals surface area contributed by atoms with Crippen LogP contribution in [-0.4, -0.2) is 222 Å². The topological polar surface area (TPSA) is 252 Å². The van der Waals surface area contributed by atoms with Gasteiger partial charge in [-0.3, -0.25) is 52.7 Å². The molecule has 0 saturated carbocycles. The molecule has 88 heavy (non-hydrogen) atoms. The normalized spacial score (nSPS) is 27.8. The van der Waals surface area contributed by atoms with Crippen molar-refractivity contribution in [3.8, 4) is 0 Å². The molecule has 0 aromatic heterocycles. The lowest BCUT2D eigenvalue weighted by Crippen LogP contribution is -2.64. The van der Waals surface area contributed by atoms with Crippen molar-refractivity contribution in [3.05, 3.63) is 12.2 Å². The van der Waals surface area contributed by atoms with Gasteiger partial charge in [0.05, 0.1) is 24.8 Å². The first kappa shape index (κ1) is 80.4. The molecule has 0 unspecified atom stereocenters. The van der Waals surface area contributed by atoms with Crippen LogP contribution in [0, 0.1) is 59.2 Å². The number of ketones is 3. The fourth-order valence-corrected chi connectivity index (χ4v) is 12.3. The molecule has 2 N–H and O–H groups in total. The zero-order valence-corrected chi connectivity index (χ0v) is 58.7. The van der Waals surface area contributed by atoms with Gasteiger partial charge in [0.2, 0.25) is 47.3 Å². The van der Waals surface area contributed by atoms with E-state index < -0.39 is 149 Å². The molecule has 0 radical (unpaired) electrons. The predicted molar refractivity (Wildman–Crippen MR) is 343 cm³/mol. The van der Waals surface area contributed by atoms with E-state index in [1.165, 1.54) is 85.8 Å². The predicted octanol–water partition coefficient (Wildman–Crippen LogP) is 6.56. The van der Waals surface area contributed by atoms with E-state index in [9.17, 15) is 43.5 Å². The van der Waals surface area contributed by atoms with Crippen LogP contribution in [0.3, 0.4) is 0 Å². The highest BCUT2D eigenvalue weighted by atomic mass is 16.5. The van der Waals surface area contributed by atoms with Crippen LogP contribution in [0.15, 0.2) is 12.2 Å². The van der Waals surface area contributed by atoms with Crippen LogP contribution in [0.4, 0.5) is 0 Å². The number of ether oxygens (including phenoxy) is 1. The Kier molecular flexibility index (Phi) is 33.8. The summed E-state index contributed by atoms with van der Waals surface area (Å²) in [5, 5.41) is 15.0. The van der Waals surface area contributed by atoms with Crippen molar-refractivity contribution in [1.29, 1.82) is 0 Å². The minimum atomic E-state index is -1.61. The number of carbonyl (C=O) groups excluding carboxylic acids is 11. The maximum atomic E-state index is 15.2. The molecule has 1 heterocycles. The summed E-state index contributed by atoms with van der Waals surface area (Å²) >= 11 is 0. The molecule has 1 fully saturated rings. The summed E-state index contributed by atoms with van der Waals surface area (Å²) in [6.45, 7) is 30.4. The van der Waals surface area contributed by atoms with Crippen molar-refractivity contribution in [2.75, 3.05) is 63.1 Å². The number of hydrogen-bond acceptors (Lipinski definition) is 13. The number of amides is 8. The van der Waals surface area contributed by atoms with Gasteiger partial charge in [0.1, 0.15) is 42.0 Å². The van der Waals surface area contributed by atoms with Gasteiger partial charge >= 0.3 is 0 Å². The Hall–Kier alpha value is -5.57. The fourth-order valence-electron chi connectivity index (χ4n) is 12.3. The van der Waals surface area contributed by atoms with E-state index in [1.807, 2.05) is 54.5 Å². The lowest BCUT2D eigenvalue weighted by atomic mass is 9.83. The second-order valence-corrected chi connectivity index (χ2v) is 27.4. The number of carbonyl (C=O) groups is 11. The summed E-state index contributed by atoms with van der Waals surface area (Å²) < 4.78 is 5.52. The summed E-state index contributed by atoms with van der Waals surface area (Å²) in [5.74, 6) is -11.4. The van der Waals surface area contributed by atoms with Gasteiger partial charge < -0.3 is 49.5 Å². The lowest BCUT2D eigenvalue weighted by molar-refractivity contribution is -0.157. The van der Waals surface area contributed by atoms with Gasteiger partial charge in [-0.2, -0.15) is 0 Å². The second kappa shape index (κ2) is 36.9. The molecule has 14 atom stereocenters. The molecule has 0 aromatic rings. The zero-order valence-electron chi connectivity index (χ0n) is 58.7. The first-order chi connectivity index (χ1) is 40.7. The summed E-state index contributed by atoms with van der Waals surface area (Å²) in [5.41, 5.74) is 0. The van der Waals surface area contributed by atoms with E-state index in [4.69, 9.17) is 4.74 Å². The Labute approximate surface area is 529 Å². The van der Waals surface area contributed by atoms with Crippen molar-refractivity contribution in [2.45, 2.75) is 230 Å². The smallest absolute Gasteiger partial charge is 0.246 e. The van der Waals surface area contributed by atoms with Gasteiger partial charge in [-0.1, -0.05) is 123 Å². The monoisotopic (exact) mass is 1240 g/mol. The molecular weight excluding hydrogens is 1120 g/mol. The minimum Gasteiger partial charge on any atom is -0.390 e. The summed E-state index contributed by atoms with van der Waals surface area (Å²) in [4.78, 5) is 172. The third-order valence-electron chi connectivity index (χ3n) is 17.9. The third-order valence-corrected chi connectivity index (χ3v) is 17.9. The summed E-state index contributed by atoms with van der Waals surface area (Å²) in [6, 6.07) is -9.66. The van der Waals surface area contributed by atoms with E-state index in [2.05, 4.69) is 5.32 Å². The lowest BCUT2D eigenvalue weighted by Gasteiger charge is -2.41. The molecule has 8 amide bonds. The van der Waals surface area contributed by atoms with Crippen molar-refractivity contribution in [3.63, 3.8) is 0 Å². The van der Waals surface area contributed by atoms with Gasteiger partial charge in [0.25, 0.3) is 0 Å². The van der Waals surface area contributed by atoms with Crippen molar-refractivity contribution in [2.24, 2.45) is 59.2 Å². The Morgan fingerprint density at radius 2 is 0.920 bits per heavy atom. The maximum absolute atomic E-state index is 15.2. The van der Waals surface area contributed by atoms with Gasteiger partial charge in [0.15, 0.2) is 11.6 Å². The van der Waals surface area contributed by atoms with Gasteiger partial charge in [0, 0.05) is 99.4 Å². The Bertz CT molecular complexity index is 2390. The number of nitrogens with one attached hydrogen (secondary N) is 1. The molecule has 0 aliphatic carbocycles. The van der Waals surface area contributed by atoms with E-state index in [-0.39, 0.29) is 87.3 Å².